The van der Waals surface area contributed by atoms with Gasteiger partial charge in [-0.15, -0.1) is 0 Å². The summed E-state index contributed by atoms with van der Waals surface area (Å²) in [7, 11) is -4.24. The van der Waals surface area contributed by atoms with Crippen molar-refractivity contribution in [2.75, 3.05) is 5.32 Å². The van der Waals surface area contributed by atoms with E-state index in [2.05, 4.69) is 10.3 Å². The van der Waals surface area contributed by atoms with Gasteiger partial charge in [0.15, 0.2) is 9.34 Å². The molecule has 1 amide bonds. The Morgan fingerprint density at radius 3 is 2.50 bits per heavy atom. The third kappa shape index (κ3) is 2.50. The van der Waals surface area contributed by atoms with Crippen LogP contribution in [0.4, 0.5) is 5.13 Å². The summed E-state index contributed by atoms with van der Waals surface area (Å²) in [5, 5.41) is 2.49. The Labute approximate surface area is 84.7 Å². The summed E-state index contributed by atoms with van der Waals surface area (Å²) >= 11 is 0.714. The zero-order valence-electron chi connectivity index (χ0n) is 7.44. The number of aromatic nitrogens is 1. The summed E-state index contributed by atoms with van der Waals surface area (Å²) in [5.74, 6) is -0.347. The lowest BCUT2D eigenvalue weighted by atomic mass is 10.6. The molecule has 0 atom stereocenters. The zero-order valence-corrected chi connectivity index (χ0v) is 9.07. The number of aryl methyl sites for hydroxylation is 1. The molecule has 0 aliphatic rings. The van der Waals surface area contributed by atoms with E-state index in [0.29, 0.717) is 11.3 Å². The molecule has 0 aromatic carbocycles. The van der Waals surface area contributed by atoms with E-state index in [1.165, 1.54) is 13.8 Å². The Balaban J connectivity index is 3.12. The van der Waals surface area contributed by atoms with Crippen LogP contribution in [0, 0.1) is 6.92 Å². The highest BCUT2D eigenvalue weighted by Gasteiger charge is 2.19. The molecule has 78 valence electrons. The maximum absolute atomic E-state index is 10.8. The monoisotopic (exact) mass is 236 g/mol. The summed E-state index contributed by atoms with van der Waals surface area (Å²) < 4.78 is 30.0. The van der Waals surface area contributed by atoms with Crippen molar-refractivity contribution in [2.24, 2.45) is 0 Å². The number of carbonyl (C=O) groups is 1. The fraction of sp³-hybridized carbons (Fsp3) is 0.333. The summed E-state index contributed by atoms with van der Waals surface area (Å²) in [5.41, 5.74) is 0.168. The second-order valence-corrected chi connectivity index (χ2v) is 5.16. The molecule has 1 aromatic heterocycles. The first kappa shape index (κ1) is 11.1. The van der Waals surface area contributed by atoms with Crippen LogP contribution in [0.1, 0.15) is 12.6 Å². The Morgan fingerprint density at radius 2 is 2.14 bits per heavy atom. The molecule has 6 nitrogen and oxygen atoms in total. The molecule has 0 unspecified atom stereocenters. The average molecular weight is 236 g/mol. The van der Waals surface area contributed by atoms with Gasteiger partial charge < -0.3 is 5.32 Å². The maximum atomic E-state index is 10.8. The minimum atomic E-state index is -4.24. The van der Waals surface area contributed by atoms with Crippen molar-refractivity contribution in [1.82, 2.24) is 4.98 Å². The molecule has 0 aliphatic heterocycles. The molecule has 0 bridgehead atoms. The van der Waals surface area contributed by atoms with Crippen molar-refractivity contribution in [3.8, 4) is 0 Å². The van der Waals surface area contributed by atoms with Crippen LogP contribution in [0.15, 0.2) is 4.21 Å². The van der Waals surface area contributed by atoms with E-state index in [9.17, 15) is 13.2 Å². The van der Waals surface area contributed by atoms with E-state index >= 15 is 0 Å². The molecule has 8 heteroatoms. The molecule has 1 rings (SSSR count). The molecule has 0 aliphatic carbocycles. The molecule has 0 radical (unpaired) electrons. The van der Waals surface area contributed by atoms with Gasteiger partial charge in [-0.25, -0.2) is 4.98 Å². The van der Waals surface area contributed by atoms with E-state index < -0.39 is 10.1 Å². The first-order valence-corrected chi connectivity index (χ1v) is 5.79. The van der Waals surface area contributed by atoms with Gasteiger partial charge in [0.2, 0.25) is 5.91 Å². The summed E-state index contributed by atoms with van der Waals surface area (Å²) in [6.45, 7) is 2.72. The molecule has 1 aromatic rings. The van der Waals surface area contributed by atoms with Crippen LogP contribution in [0.3, 0.4) is 0 Å². The number of rotatable bonds is 2. The number of amides is 1. The van der Waals surface area contributed by atoms with Gasteiger partial charge in [-0.1, -0.05) is 11.3 Å². The number of hydrogen-bond donors (Lipinski definition) is 2. The number of anilines is 1. The van der Waals surface area contributed by atoms with Crippen LogP contribution in [-0.4, -0.2) is 23.9 Å². The van der Waals surface area contributed by atoms with Gasteiger partial charge in [-0.05, 0) is 6.92 Å². The average Bonchev–Trinajstić information content (AvgIpc) is 2.27. The van der Waals surface area contributed by atoms with Crippen molar-refractivity contribution in [3.05, 3.63) is 5.69 Å². The van der Waals surface area contributed by atoms with Crippen molar-refractivity contribution in [3.63, 3.8) is 0 Å². The van der Waals surface area contributed by atoms with E-state index in [1.54, 1.807) is 0 Å². The lowest BCUT2D eigenvalue weighted by molar-refractivity contribution is -0.114. The van der Waals surface area contributed by atoms with E-state index in [0.717, 1.165) is 0 Å². The maximum Gasteiger partial charge on any atom is 0.306 e. The smallest absolute Gasteiger partial charge is 0.302 e. The van der Waals surface area contributed by atoms with Crippen LogP contribution >= 0.6 is 11.3 Å². The first-order chi connectivity index (χ1) is 6.30. The minimum Gasteiger partial charge on any atom is -0.302 e. The molecular weight excluding hydrogens is 228 g/mol. The Kier molecular flexibility index (Phi) is 2.88. The van der Waals surface area contributed by atoms with Gasteiger partial charge in [0.05, 0.1) is 5.69 Å². The fourth-order valence-corrected chi connectivity index (χ4v) is 2.65. The van der Waals surface area contributed by atoms with Crippen LogP contribution in [0.25, 0.3) is 0 Å². The van der Waals surface area contributed by atoms with Crippen LogP contribution in [0.2, 0.25) is 0 Å². The first-order valence-electron chi connectivity index (χ1n) is 3.53. The number of carbonyl (C=O) groups excluding carboxylic acids is 1. The predicted octanol–water partition coefficient (Wildman–Crippen LogP) is 0.657. The molecule has 14 heavy (non-hydrogen) atoms. The largest absolute Gasteiger partial charge is 0.306 e. The molecule has 2 N–H and O–H groups in total. The van der Waals surface area contributed by atoms with Crippen molar-refractivity contribution >= 4 is 32.5 Å². The van der Waals surface area contributed by atoms with Gasteiger partial charge in [0.1, 0.15) is 0 Å². The second kappa shape index (κ2) is 3.64. The lowest BCUT2D eigenvalue weighted by Gasteiger charge is -1.91. The Bertz CT molecular complexity index is 462. The van der Waals surface area contributed by atoms with Crippen molar-refractivity contribution in [1.29, 1.82) is 0 Å². The number of thiazole rings is 1. The number of nitrogens with zero attached hydrogens (tertiary/aromatic N) is 1. The quantitative estimate of drug-likeness (QED) is 0.735. The predicted molar refractivity (Wildman–Crippen MR) is 51.0 cm³/mol. The number of hydrogen-bond acceptors (Lipinski definition) is 5. The third-order valence-corrected chi connectivity index (χ3v) is 3.78. The van der Waals surface area contributed by atoms with Crippen LogP contribution in [0.5, 0.6) is 0 Å². The SMILES string of the molecule is CC(=O)Nc1nc(C)c(S(=O)(=O)O)s1. The van der Waals surface area contributed by atoms with Gasteiger partial charge in [-0.2, -0.15) is 8.42 Å². The molecule has 0 spiro atoms. The second-order valence-electron chi connectivity index (χ2n) is 2.55. The van der Waals surface area contributed by atoms with E-state index in [1.807, 2.05) is 0 Å². The summed E-state index contributed by atoms with van der Waals surface area (Å²) in [6.07, 6.45) is 0. The minimum absolute atomic E-state index is 0.155. The summed E-state index contributed by atoms with van der Waals surface area (Å²) in [4.78, 5) is 14.4. The van der Waals surface area contributed by atoms with E-state index in [-0.39, 0.29) is 20.9 Å². The Morgan fingerprint density at radius 1 is 1.57 bits per heavy atom. The highest BCUT2D eigenvalue weighted by Crippen LogP contribution is 2.26. The zero-order chi connectivity index (χ0) is 10.9. The highest BCUT2D eigenvalue weighted by molar-refractivity contribution is 7.88. The van der Waals surface area contributed by atoms with Crippen molar-refractivity contribution in [2.45, 2.75) is 18.1 Å². The molecule has 0 saturated carbocycles. The molecular formula is C6H8N2O4S2. The van der Waals surface area contributed by atoms with Gasteiger partial charge in [0, 0.05) is 6.92 Å². The van der Waals surface area contributed by atoms with Gasteiger partial charge in [-0.3, -0.25) is 9.35 Å². The Hall–Kier alpha value is -0.990. The standard InChI is InChI=1S/C6H8N2O4S2/c1-3-5(14(10,11)12)13-6(7-3)8-4(2)9/h1-2H3,(H,7,8,9)(H,10,11,12). The normalized spacial score (nSPS) is 11.4. The fourth-order valence-electron chi connectivity index (χ4n) is 0.826. The number of nitrogens with one attached hydrogen (secondary N) is 1. The highest BCUT2D eigenvalue weighted by atomic mass is 32.3. The van der Waals surface area contributed by atoms with Crippen LogP contribution < -0.4 is 5.32 Å². The van der Waals surface area contributed by atoms with Gasteiger partial charge in [0.25, 0.3) is 0 Å². The molecule has 0 fully saturated rings. The van der Waals surface area contributed by atoms with E-state index in [4.69, 9.17) is 4.55 Å². The lowest BCUT2D eigenvalue weighted by Crippen LogP contribution is -2.04. The summed E-state index contributed by atoms with van der Waals surface area (Å²) in [6, 6.07) is 0. The van der Waals surface area contributed by atoms with Crippen molar-refractivity contribution < 1.29 is 17.8 Å². The van der Waals surface area contributed by atoms with Gasteiger partial charge >= 0.3 is 10.1 Å². The molecule has 1 heterocycles. The topological polar surface area (TPSA) is 96.4 Å². The van der Waals surface area contributed by atoms with Crippen LogP contribution in [-0.2, 0) is 14.9 Å². The third-order valence-electron chi connectivity index (χ3n) is 1.27. The molecule has 0 saturated heterocycles.